The summed E-state index contributed by atoms with van der Waals surface area (Å²) in [7, 11) is 0. The monoisotopic (exact) mass is 273 g/mol. The normalized spacial score (nSPS) is 17.2. The third kappa shape index (κ3) is 2.34. The SMILES string of the molecule is CCNC1CCc2cc(-c3cc(F)ccc3F)ccc21. The molecule has 0 saturated carbocycles. The number of nitrogens with one attached hydrogen (secondary N) is 1. The molecule has 20 heavy (non-hydrogen) atoms. The number of fused-ring (bicyclic) bond motifs is 1. The summed E-state index contributed by atoms with van der Waals surface area (Å²) in [4.78, 5) is 0. The van der Waals surface area contributed by atoms with Crippen molar-refractivity contribution in [1.29, 1.82) is 0 Å². The average molecular weight is 273 g/mol. The first kappa shape index (κ1) is 13.3. The number of rotatable bonds is 3. The van der Waals surface area contributed by atoms with Gasteiger partial charge in [0.2, 0.25) is 0 Å². The minimum absolute atomic E-state index is 0.333. The fourth-order valence-corrected chi connectivity index (χ4v) is 2.96. The fraction of sp³-hybridized carbons (Fsp3) is 0.294. The molecule has 0 radical (unpaired) electrons. The second-order valence-corrected chi connectivity index (χ2v) is 5.19. The Morgan fingerprint density at radius 1 is 1.15 bits per heavy atom. The molecule has 0 aliphatic heterocycles. The Labute approximate surface area is 117 Å². The van der Waals surface area contributed by atoms with Crippen molar-refractivity contribution in [3.8, 4) is 11.1 Å². The largest absolute Gasteiger partial charge is 0.310 e. The Balaban J connectivity index is 1.99. The van der Waals surface area contributed by atoms with E-state index in [-0.39, 0.29) is 5.82 Å². The molecule has 0 aromatic heterocycles. The van der Waals surface area contributed by atoms with Crippen LogP contribution in [0.15, 0.2) is 36.4 Å². The van der Waals surface area contributed by atoms with E-state index in [1.807, 2.05) is 18.2 Å². The maximum atomic E-state index is 13.8. The molecule has 2 aromatic carbocycles. The van der Waals surface area contributed by atoms with E-state index in [0.29, 0.717) is 11.6 Å². The molecule has 0 heterocycles. The molecule has 1 aliphatic rings. The van der Waals surface area contributed by atoms with Crippen LogP contribution in [0.25, 0.3) is 11.1 Å². The molecule has 104 valence electrons. The molecule has 0 saturated heterocycles. The summed E-state index contributed by atoms with van der Waals surface area (Å²) in [5, 5.41) is 3.45. The zero-order valence-electron chi connectivity index (χ0n) is 11.4. The third-order valence-corrected chi connectivity index (χ3v) is 3.91. The van der Waals surface area contributed by atoms with Crippen LogP contribution in [0.4, 0.5) is 8.78 Å². The lowest BCUT2D eigenvalue weighted by Crippen LogP contribution is -2.18. The highest BCUT2D eigenvalue weighted by Gasteiger charge is 2.22. The van der Waals surface area contributed by atoms with E-state index in [1.54, 1.807) is 0 Å². The highest BCUT2D eigenvalue weighted by molar-refractivity contribution is 5.66. The van der Waals surface area contributed by atoms with Gasteiger partial charge in [0.05, 0.1) is 0 Å². The minimum Gasteiger partial charge on any atom is -0.310 e. The van der Waals surface area contributed by atoms with Crippen molar-refractivity contribution >= 4 is 0 Å². The molecule has 0 bridgehead atoms. The fourth-order valence-electron chi connectivity index (χ4n) is 2.96. The van der Waals surface area contributed by atoms with Crippen LogP contribution in [0.1, 0.15) is 30.5 Å². The maximum Gasteiger partial charge on any atom is 0.131 e. The van der Waals surface area contributed by atoms with Gasteiger partial charge in [-0.15, -0.1) is 0 Å². The zero-order chi connectivity index (χ0) is 14.1. The van der Waals surface area contributed by atoms with Crippen molar-refractivity contribution in [2.75, 3.05) is 6.54 Å². The summed E-state index contributed by atoms with van der Waals surface area (Å²) >= 11 is 0. The van der Waals surface area contributed by atoms with Gasteiger partial charge >= 0.3 is 0 Å². The quantitative estimate of drug-likeness (QED) is 0.882. The molecule has 2 aromatic rings. The molecule has 1 N–H and O–H groups in total. The molecule has 1 aliphatic carbocycles. The van der Waals surface area contributed by atoms with Crippen LogP contribution in [0.5, 0.6) is 0 Å². The van der Waals surface area contributed by atoms with Crippen molar-refractivity contribution in [2.45, 2.75) is 25.8 Å². The second-order valence-electron chi connectivity index (χ2n) is 5.19. The summed E-state index contributed by atoms with van der Waals surface area (Å²) in [6.45, 7) is 3.03. The van der Waals surface area contributed by atoms with Crippen LogP contribution in [-0.4, -0.2) is 6.54 Å². The Bertz CT molecular complexity index is 637. The van der Waals surface area contributed by atoms with Gasteiger partial charge < -0.3 is 5.32 Å². The standard InChI is InChI=1S/C17H17F2N/c1-2-20-17-8-4-11-9-12(3-6-14(11)17)15-10-13(18)5-7-16(15)19/h3,5-7,9-10,17,20H,2,4,8H2,1H3. The molecular weight excluding hydrogens is 256 g/mol. The lowest BCUT2D eigenvalue weighted by molar-refractivity contribution is 0.549. The van der Waals surface area contributed by atoms with Gasteiger partial charge in [-0.25, -0.2) is 8.78 Å². The summed E-state index contributed by atoms with van der Waals surface area (Å²) in [5.74, 6) is -0.792. The van der Waals surface area contributed by atoms with Gasteiger partial charge in [0, 0.05) is 11.6 Å². The first-order valence-electron chi connectivity index (χ1n) is 7.00. The molecule has 1 nitrogen and oxygen atoms in total. The van der Waals surface area contributed by atoms with E-state index < -0.39 is 5.82 Å². The van der Waals surface area contributed by atoms with Gasteiger partial charge in [0.1, 0.15) is 11.6 Å². The molecule has 1 unspecified atom stereocenters. The van der Waals surface area contributed by atoms with Crippen LogP contribution in [0.2, 0.25) is 0 Å². The van der Waals surface area contributed by atoms with E-state index in [0.717, 1.165) is 31.0 Å². The molecule has 0 amide bonds. The van der Waals surface area contributed by atoms with Gasteiger partial charge in [0.15, 0.2) is 0 Å². The van der Waals surface area contributed by atoms with Crippen molar-refractivity contribution in [3.63, 3.8) is 0 Å². The van der Waals surface area contributed by atoms with Gasteiger partial charge in [-0.3, -0.25) is 0 Å². The van der Waals surface area contributed by atoms with Gasteiger partial charge in [-0.2, -0.15) is 0 Å². The predicted molar refractivity (Wildman–Crippen MR) is 76.5 cm³/mol. The number of hydrogen-bond donors (Lipinski definition) is 1. The van der Waals surface area contributed by atoms with Crippen LogP contribution >= 0.6 is 0 Å². The predicted octanol–water partition coefficient (Wildman–Crippen LogP) is 4.23. The van der Waals surface area contributed by atoms with Gasteiger partial charge in [0.25, 0.3) is 0 Å². The first-order chi connectivity index (χ1) is 9.69. The van der Waals surface area contributed by atoms with Crippen LogP contribution < -0.4 is 5.32 Å². The highest BCUT2D eigenvalue weighted by atomic mass is 19.1. The van der Waals surface area contributed by atoms with Crippen LogP contribution in [0, 0.1) is 11.6 Å². The second kappa shape index (κ2) is 5.33. The number of hydrogen-bond acceptors (Lipinski definition) is 1. The maximum absolute atomic E-state index is 13.8. The van der Waals surface area contributed by atoms with Crippen molar-refractivity contribution in [3.05, 3.63) is 59.2 Å². The Hall–Kier alpha value is -1.74. The Morgan fingerprint density at radius 2 is 2.00 bits per heavy atom. The lowest BCUT2D eigenvalue weighted by Gasteiger charge is -2.13. The van der Waals surface area contributed by atoms with E-state index >= 15 is 0 Å². The van der Waals surface area contributed by atoms with E-state index in [2.05, 4.69) is 12.2 Å². The minimum atomic E-state index is -0.410. The Kier molecular flexibility index (Phi) is 3.53. The van der Waals surface area contributed by atoms with Gasteiger partial charge in [-0.1, -0.05) is 25.1 Å². The molecule has 1 atom stereocenters. The number of benzene rings is 2. The molecular formula is C17H17F2N. The van der Waals surface area contributed by atoms with Crippen LogP contribution in [0.3, 0.4) is 0 Å². The topological polar surface area (TPSA) is 12.0 Å². The summed E-state index contributed by atoms with van der Waals surface area (Å²) in [6.07, 6.45) is 2.05. The summed E-state index contributed by atoms with van der Waals surface area (Å²) in [5.41, 5.74) is 3.60. The van der Waals surface area contributed by atoms with Crippen LogP contribution in [-0.2, 0) is 6.42 Å². The average Bonchev–Trinajstić information content (AvgIpc) is 2.84. The molecule has 0 spiro atoms. The molecule has 3 heteroatoms. The highest BCUT2D eigenvalue weighted by Crippen LogP contribution is 2.34. The lowest BCUT2D eigenvalue weighted by atomic mass is 9.99. The molecule has 0 fully saturated rings. The Morgan fingerprint density at radius 3 is 2.80 bits per heavy atom. The zero-order valence-corrected chi connectivity index (χ0v) is 11.4. The third-order valence-electron chi connectivity index (χ3n) is 3.91. The van der Waals surface area contributed by atoms with Gasteiger partial charge in [-0.05, 0) is 54.3 Å². The number of aryl methyl sites for hydroxylation is 1. The van der Waals surface area contributed by atoms with E-state index in [4.69, 9.17) is 0 Å². The van der Waals surface area contributed by atoms with Crippen molar-refractivity contribution in [1.82, 2.24) is 5.32 Å². The van der Waals surface area contributed by atoms with Crippen molar-refractivity contribution in [2.24, 2.45) is 0 Å². The molecule has 3 rings (SSSR count). The van der Waals surface area contributed by atoms with E-state index in [1.165, 1.54) is 23.3 Å². The summed E-state index contributed by atoms with van der Waals surface area (Å²) < 4.78 is 27.1. The number of halogens is 2. The van der Waals surface area contributed by atoms with Crippen molar-refractivity contribution < 1.29 is 8.78 Å². The smallest absolute Gasteiger partial charge is 0.131 e. The van der Waals surface area contributed by atoms with E-state index in [9.17, 15) is 8.78 Å². The summed E-state index contributed by atoms with van der Waals surface area (Å²) in [6, 6.07) is 9.88. The first-order valence-corrected chi connectivity index (χ1v) is 7.00.